The molecule has 10 nitrogen and oxygen atoms in total. The Bertz CT molecular complexity index is 634. The maximum atomic E-state index is 11.5. The van der Waals surface area contributed by atoms with Crippen LogP contribution in [0.15, 0.2) is 34.9 Å². The van der Waals surface area contributed by atoms with Crippen LogP contribution >= 0.6 is 0 Å². The molecule has 0 spiro atoms. The van der Waals surface area contributed by atoms with Crippen LogP contribution in [0.1, 0.15) is 20.8 Å². The van der Waals surface area contributed by atoms with Gasteiger partial charge in [0.15, 0.2) is 0 Å². The predicted octanol–water partition coefficient (Wildman–Crippen LogP) is -0.363. The summed E-state index contributed by atoms with van der Waals surface area (Å²) in [5.74, 6) is -5.49. The fourth-order valence-electron chi connectivity index (χ4n) is 3.16. The first-order chi connectivity index (χ1) is 13.4. The van der Waals surface area contributed by atoms with Gasteiger partial charge in [0.2, 0.25) is 0 Å². The van der Waals surface area contributed by atoms with E-state index in [-0.39, 0.29) is 16.7 Å². The largest absolute Gasteiger partial charge is 0.478 e. The van der Waals surface area contributed by atoms with Gasteiger partial charge in [-0.05, 0) is 20.8 Å². The van der Waals surface area contributed by atoms with Crippen molar-refractivity contribution in [2.45, 2.75) is 20.8 Å². The lowest BCUT2D eigenvalue weighted by atomic mass is 9.56. The summed E-state index contributed by atoms with van der Waals surface area (Å²) in [6, 6.07) is 0. The number of carboxylic acid groups (broad SMARTS) is 3. The molecule has 164 valence electrons. The smallest absolute Gasteiger partial charge is 0.330 e. The Morgan fingerprint density at radius 3 is 1.14 bits per heavy atom. The van der Waals surface area contributed by atoms with E-state index in [2.05, 4.69) is 0 Å². The van der Waals surface area contributed by atoms with Crippen LogP contribution in [0.25, 0.3) is 0 Å². The van der Waals surface area contributed by atoms with Gasteiger partial charge in [-0.25, -0.2) is 14.4 Å². The van der Waals surface area contributed by atoms with Gasteiger partial charge >= 0.3 is 17.9 Å². The molecule has 0 aliphatic carbocycles. The van der Waals surface area contributed by atoms with E-state index in [1.54, 1.807) is 0 Å². The quantitative estimate of drug-likeness (QED) is 0.207. The lowest BCUT2D eigenvalue weighted by Gasteiger charge is -2.48. The van der Waals surface area contributed by atoms with Crippen molar-refractivity contribution in [2.75, 3.05) is 26.4 Å². The molecule has 0 saturated carbocycles. The van der Waals surface area contributed by atoms with Crippen molar-refractivity contribution in [3.63, 3.8) is 0 Å². The van der Waals surface area contributed by atoms with Crippen LogP contribution in [0, 0.1) is 16.7 Å². The second-order valence-corrected chi connectivity index (χ2v) is 6.86. The highest BCUT2D eigenvalue weighted by Crippen LogP contribution is 2.50. The van der Waals surface area contributed by atoms with Crippen molar-refractivity contribution < 1.29 is 50.1 Å². The second kappa shape index (κ2) is 10.9. The predicted molar refractivity (Wildman–Crippen MR) is 101 cm³/mol. The van der Waals surface area contributed by atoms with Gasteiger partial charge in [-0.1, -0.05) is 18.2 Å². The summed E-state index contributed by atoms with van der Waals surface area (Å²) in [7, 11) is 0. The number of hydrogen-bond donors (Lipinski definition) is 7. The number of hydrogen-bond acceptors (Lipinski definition) is 7. The Morgan fingerprint density at radius 2 is 0.966 bits per heavy atom. The SMILES string of the molecule is CC(=CC(C=C(C)C(=O)O)(C=C(C)C(=O)O)C(CO)(CO)C(CO)CO)C(=O)O. The van der Waals surface area contributed by atoms with Gasteiger partial charge in [-0.3, -0.25) is 0 Å². The van der Waals surface area contributed by atoms with Crippen molar-refractivity contribution in [2.24, 2.45) is 16.7 Å². The summed E-state index contributed by atoms with van der Waals surface area (Å²) in [6.45, 7) is 0.0849. The van der Waals surface area contributed by atoms with Crippen LogP contribution in [-0.2, 0) is 14.4 Å². The zero-order chi connectivity index (χ0) is 23.0. The van der Waals surface area contributed by atoms with Gasteiger partial charge in [0.1, 0.15) is 0 Å². The highest BCUT2D eigenvalue weighted by molar-refractivity contribution is 5.89. The Morgan fingerprint density at radius 1 is 0.690 bits per heavy atom. The minimum absolute atomic E-state index is 0.338. The molecule has 7 N–H and O–H groups in total. The van der Waals surface area contributed by atoms with Crippen LogP contribution in [0.4, 0.5) is 0 Å². The van der Waals surface area contributed by atoms with E-state index < -0.39 is 61.1 Å². The number of carboxylic acids is 3. The van der Waals surface area contributed by atoms with E-state index in [1.165, 1.54) is 0 Å². The normalized spacial score (nSPS) is 15.9. The minimum atomic E-state index is -2.00. The Labute approximate surface area is 167 Å². The van der Waals surface area contributed by atoms with Crippen molar-refractivity contribution in [3.05, 3.63) is 34.9 Å². The van der Waals surface area contributed by atoms with Crippen LogP contribution in [0.2, 0.25) is 0 Å². The summed E-state index contributed by atoms with van der Waals surface area (Å²) in [5.41, 5.74) is -4.96. The van der Waals surface area contributed by atoms with Gasteiger partial charge in [0, 0.05) is 46.7 Å². The molecule has 0 aromatic heterocycles. The third-order valence-electron chi connectivity index (χ3n) is 5.03. The first-order valence-corrected chi connectivity index (χ1v) is 8.59. The average molecular weight is 416 g/mol. The first-order valence-electron chi connectivity index (χ1n) is 8.59. The molecule has 0 aromatic rings. The molecule has 0 saturated heterocycles. The summed E-state index contributed by atoms with van der Waals surface area (Å²) in [5, 5.41) is 67.8. The van der Waals surface area contributed by atoms with Gasteiger partial charge in [0.05, 0.1) is 13.2 Å². The number of rotatable bonds is 12. The summed E-state index contributed by atoms with van der Waals surface area (Å²) in [4.78, 5) is 34.4. The van der Waals surface area contributed by atoms with Gasteiger partial charge in [0.25, 0.3) is 0 Å². The number of aliphatic hydroxyl groups excluding tert-OH is 4. The molecule has 0 radical (unpaired) electrons. The standard InChI is InChI=1S/C19H28O10/c1-11(15(24)25)4-18(5-12(2)16(26)27,6-13(3)17(28)29)19(9-22,10-23)14(7-20)8-21/h4-6,14,20-23H,7-10H2,1-3H3,(H,24,25)(H,26,27)(H,28,29). The van der Waals surface area contributed by atoms with E-state index in [0.29, 0.717) is 0 Å². The molecule has 0 fully saturated rings. The van der Waals surface area contributed by atoms with Crippen molar-refractivity contribution in [1.82, 2.24) is 0 Å². The van der Waals surface area contributed by atoms with Crippen LogP contribution < -0.4 is 0 Å². The Kier molecular flexibility index (Phi) is 9.91. The summed E-state index contributed by atoms with van der Waals surface area (Å²) < 4.78 is 0. The average Bonchev–Trinajstić information content (AvgIpc) is 2.65. The number of allylic oxidation sites excluding steroid dienone is 3. The van der Waals surface area contributed by atoms with Crippen LogP contribution in [0.5, 0.6) is 0 Å². The van der Waals surface area contributed by atoms with Crippen molar-refractivity contribution in [3.8, 4) is 0 Å². The summed E-state index contributed by atoms with van der Waals surface area (Å²) in [6.07, 6.45) is 3.00. The van der Waals surface area contributed by atoms with E-state index >= 15 is 0 Å². The van der Waals surface area contributed by atoms with E-state index in [0.717, 1.165) is 39.0 Å². The molecule has 0 amide bonds. The van der Waals surface area contributed by atoms with Gasteiger partial charge < -0.3 is 35.7 Å². The Hall–Kier alpha value is -2.53. The molecular weight excluding hydrogens is 388 g/mol. The third kappa shape index (κ3) is 5.73. The lowest BCUT2D eigenvalue weighted by Crippen LogP contribution is -2.53. The fraction of sp³-hybridized carbons (Fsp3) is 0.526. The molecule has 0 rings (SSSR count). The van der Waals surface area contributed by atoms with Crippen LogP contribution in [0.3, 0.4) is 0 Å². The highest BCUT2D eigenvalue weighted by Gasteiger charge is 2.52. The molecule has 10 heteroatoms. The van der Waals surface area contributed by atoms with Crippen molar-refractivity contribution >= 4 is 17.9 Å². The molecule has 0 aliphatic rings. The topological polar surface area (TPSA) is 193 Å². The fourth-order valence-corrected chi connectivity index (χ4v) is 3.16. The maximum Gasteiger partial charge on any atom is 0.330 e. The third-order valence-corrected chi connectivity index (χ3v) is 5.03. The number of carbonyl (C=O) groups is 3. The second-order valence-electron chi connectivity index (χ2n) is 6.86. The number of aliphatic hydroxyl groups is 4. The minimum Gasteiger partial charge on any atom is -0.478 e. The van der Waals surface area contributed by atoms with Crippen LogP contribution in [-0.4, -0.2) is 80.1 Å². The molecule has 0 atom stereocenters. The van der Waals surface area contributed by atoms with Gasteiger partial charge in [-0.15, -0.1) is 0 Å². The molecule has 0 unspecified atom stereocenters. The molecule has 0 aliphatic heterocycles. The zero-order valence-corrected chi connectivity index (χ0v) is 16.5. The molecule has 0 heterocycles. The monoisotopic (exact) mass is 416 g/mol. The van der Waals surface area contributed by atoms with E-state index in [1.807, 2.05) is 0 Å². The van der Waals surface area contributed by atoms with E-state index in [9.17, 15) is 50.1 Å². The molecule has 29 heavy (non-hydrogen) atoms. The Balaban J connectivity index is 7.64. The van der Waals surface area contributed by atoms with Crippen molar-refractivity contribution in [1.29, 1.82) is 0 Å². The number of aliphatic carboxylic acids is 3. The lowest BCUT2D eigenvalue weighted by molar-refractivity contribution is -0.133. The zero-order valence-electron chi connectivity index (χ0n) is 16.5. The van der Waals surface area contributed by atoms with Gasteiger partial charge in [-0.2, -0.15) is 0 Å². The maximum absolute atomic E-state index is 11.5. The highest BCUT2D eigenvalue weighted by atomic mass is 16.4. The van der Waals surface area contributed by atoms with E-state index in [4.69, 9.17) is 0 Å². The molecule has 0 bridgehead atoms. The molecule has 0 aromatic carbocycles. The molecular formula is C19H28O10. The first kappa shape index (κ1) is 26.5. The summed E-state index contributed by atoms with van der Waals surface area (Å²) >= 11 is 0.